The standard InChI is InChI=1S/C16H23ClO3/c1-4-12-11-13(7-8-14(12)17)20-10-6-5-9-16(2,3)15(18)19/h7-8,11H,4-6,9-10H2,1-3H3,(H,18,19). The number of hydrogen-bond donors (Lipinski definition) is 1. The van der Waals surface area contributed by atoms with E-state index in [1.165, 1.54) is 0 Å². The lowest BCUT2D eigenvalue weighted by atomic mass is 9.87. The van der Waals surface area contributed by atoms with Gasteiger partial charge in [-0.05, 0) is 63.3 Å². The van der Waals surface area contributed by atoms with Crippen molar-refractivity contribution in [2.75, 3.05) is 6.61 Å². The molecule has 0 radical (unpaired) electrons. The SMILES string of the molecule is CCc1cc(OCCCCC(C)(C)C(=O)O)ccc1Cl. The van der Waals surface area contributed by atoms with Crippen LogP contribution in [0, 0.1) is 5.41 Å². The maximum atomic E-state index is 11.0. The number of halogens is 1. The smallest absolute Gasteiger partial charge is 0.309 e. The van der Waals surface area contributed by atoms with E-state index in [0.717, 1.165) is 35.6 Å². The van der Waals surface area contributed by atoms with Crippen LogP contribution in [0.2, 0.25) is 5.02 Å². The summed E-state index contributed by atoms with van der Waals surface area (Å²) in [4.78, 5) is 11.0. The molecule has 0 unspecified atom stereocenters. The van der Waals surface area contributed by atoms with Gasteiger partial charge in [-0.15, -0.1) is 0 Å². The summed E-state index contributed by atoms with van der Waals surface area (Å²) in [7, 11) is 0. The number of carboxylic acid groups (broad SMARTS) is 1. The van der Waals surface area contributed by atoms with Crippen molar-refractivity contribution in [1.82, 2.24) is 0 Å². The Labute approximate surface area is 125 Å². The second-order valence-corrected chi connectivity index (χ2v) is 6.01. The number of benzene rings is 1. The molecule has 0 saturated carbocycles. The predicted molar refractivity (Wildman–Crippen MR) is 81.6 cm³/mol. The van der Waals surface area contributed by atoms with Crippen molar-refractivity contribution in [3.05, 3.63) is 28.8 Å². The Morgan fingerprint density at radius 1 is 1.35 bits per heavy atom. The minimum absolute atomic E-state index is 0.598. The quantitative estimate of drug-likeness (QED) is 0.716. The van der Waals surface area contributed by atoms with E-state index < -0.39 is 11.4 Å². The molecule has 0 amide bonds. The van der Waals surface area contributed by atoms with Crippen molar-refractivity contribution in [3.8, 4) is 5.75 Å². The number of carboxylic acids is 1. The fourth-order valence-electron chi connectivity index (χ4n) is 1.88. The van der Waals surface area contributed by atoms with Crippen LogP contribution in [0.15, 0.2) is 18.2 Å². The van der Waals surface area contributed by atoms with Gasteiger partial charge in [0.15, 0.2) is 0 Å². The number of rotatable bonds is 8. The van der Waals surface area contributed by atoms with Crippen molar-refractivity contribution in [2.24, 2.45) is 5.41 Å². The Bertz CT molecular complexity index is 455. The third-order valence-corrected chi connectivity index (χ3v) is 3.81. The van der Waals surface area contributed by atoms with E-state index in [1.807, 2.05) is 18.2 Å². The molecule has 20 heavy (non-hydrogen) atoms. The van der Waals surface area contributed by atoms with E-state index >= 15 is 0 Å². The molecule has 1 N–H and O–H groups in total. The third-order valence-electron chi connectivity index (χ3n) is 3.44. The second-order valence-electron chi connectivity index (χ2n) is 5.60. The summed E-state index contributed by atoms with van der Waals surface area (Å²) in [6.45, 7) is 6.16. The normalized spacial score (nSPS) is 11.4. The molecule has 0 aliphatic heterocycles. The van der Waals surface area contributed by atoms with E-state index in [1.54, 1.807) is 13.8 Å². The number of aryl methyl sites for hydroxylation is 1. The predicted octanol–water partition coefficient (Wildman–Crippen LogP) is 4.56. The molecule has 1 aromatic rings. The van der Waals surface area contributed by atoms with Crippen LogP contribution < -0.4 is 4.74 Å². The molecule has 1 aromatic carbocycles. The lowest BCUT2D eigenvalue weighted by molar-refractivity contribution is -0.147. The first-order chi connectivity index (χ1) is 9.36. The highest BCUT2D eigenvalue weighted by molar-refractivity contribution is 6.31. The first-order valence-corrected chi connectivity index (χ1v) is 7.39. The van der Waals surface area contributed by atoms with Gasteiger partial charge in [0, 0.05) is 5.02 Å². The first kappa shape index (κ1) is 16.8. The number of hydrogen-bond acceptors (Lipinski definition) is 2. The summed E-state index contributed by atoms with van der Waals surface area (Å²) < 4.78 is 5.67. The van der Waals surface area contributed by atoms with Crippen LogP contribution >= 0.6 is 11.6 Å². The van der Waals surface area contributed by atoms with Crippen molar-refractivity contribution < 1.29 is 14.6 Å². The molecule has 0 aromatic heterocycles. The molecular formula is C16H23ClO3. The van der Waals surface area contributed by atoms with E-state index in [9.17, 15) is 4.79 Å². The monoisotopic (exact) mass is 298 g/mol. The average Bonchev–Trinajstić information content (AvgIpc) is 2.39. The summed E-state index contributed by atoms with van der Waals surface area (Å²) in [5.41, 5.74) is 0.423. The maximum Gasteiger partial charge on any atom is 0.309 e. The molecule has 0 aliphatic rings. The van der Waals surface area contributed by atoms with Gasteiger partial charge in [0.05, 0.1) is 12.0 Å². The van der Waals surface area contributed by atoms with Crippen LogP contribution in [0.4, 0.5) is 0 Å². The van der Waals surface area contributed by atoms with Crippen molar-refractivity contribution >= 4 is 17.6 Å². The average molecular weight is 299 g/mol. The summed E-state index contributed by atoms with van der Waals surface area (Å²) in [5.74, 6) is 0.0763. The highest BCUT2D eigenvalue weighted by Crippen LogP contribution is 2.24. The molecule has 112 valence electrons. The van der Waals surface area contributed by atoms with Gasteiger partial charge < -0.3 is 9.84 Å². The maximum absolute atomic E-state index is 11.0. The third kappa shape index (κ3) is 5.04. The molecule has 4 heteroatoms. The van der Waals surface area contributed by atoms with E-state index in [2.05, 4.69) is 6.92 Å². The van der Waals surface area contributed by atoms with Gasteiger partial charge in [-0.2, -0.15) is 0 Å². The Morgan fingerprint density at radius 3 is 2.65 bits per heavy atom. The molecular weight excluding hydrogens is 276 g/mol. The molecule has 1 rings (SSSR count). The zero-order chi connectivity index (χ0) is 15.2. The topological polar surface area (TPSA) is 46.5 Å². The number of ether oxygens (including phenoxy) is 1. The van der Waals surface area contributed by atoms with Crippen molar-refractivity contribution in [1.29, 1.82) is 0 Å². The van der Waals surface area contributed by atoms with Gasteiger partial charge in [-0.3, -0.25) is 4.79 Å². The number of unbranched alkanes of at least 4 members (excludes halogenated alkanes) is 1. The molecule has 3 nitrogen and oxygen atoms in total. The fraction of sp³-hybridized carbons (Fsp3) is 0.562. The van der Waals surface area contributed by atoms with Gasteiger partial charge in [-0.1, -0.05) is 18.5 Å². The highest BCUT2D eigenvalue weighted by Gasteiger charge is 2.25. The van der Waals surface area contributed by atoms with Gasteiger partial charge in [0.1, 0.15) is 5.75 Å². The van der Waals surface area contributed by atoms with Gasteiger partial charge >= 0.3 is 5.97 Å². The van der Waals surface area contributed by atoms with Crippen molar-refractivity contribution in [3.63, 3.8) is 0 Å². The van der Waals surface area contributed by atoms with Crippen LogP contribution in [0.5, 0.6) is 5.75 Å². The van der Waals surface area contributed by atoms with Crippen LogP contribution in [0.3, 0.4) is 0 Å². The van der Waals surface area contributed by atoms with E-state index in [4.69, 9.17) is 21.4 Å². The molecule has 0 aliphatic carbocycles. The van der Waals surface area contributed by atoms with E-state index in [0.29, 0.717) is 13.0 Å². The number of carbonyl (C=O) groups is 1. The van der Waals surface area contributed by atoms with Crippen LogP contribution in [0.25, 0.3) is 0 Å². The Morgan fingerprint density at radius 2 is 2.05 bits per heavy atom. The van der Waals surface area contributed by atoms with E-state index in [-0.39, 0.29) is 0 Å². The lowest BCUT2D eigenvalue weighted by Gasteiger charge is -2.18. The molecule has 0 heterocycles. The Balaban J connectivity index is 2.33. The van der Waals surface area contributed by atoms with Crippen LogP contribution in [-0.4, -0.2) is 17.7 Å². The highest BCUT2D eigenvalue weighted by atomic mass is 35.5. The van der Waals surface area contributed by atoms with Gasteiger partial charge in [0.2, 0.25) is 0 Å². The number of aliphatic carboxylic acids is 1. The van der Waals surface area contributed by atoms with Crippen LogP contribution in [-0.2, 0) is 11.2 Å². The Kier molecular flexibility index (Phi) is 6.34. The summed E-state index contributed by atoms with van der Waals surface area (Å²) in [5, 5.41) is 9.78. The van der Waals surface area contributed by atoms with Gasteiger partial charge in [-0.25, -0.2) is 0 Å². The zero-order valence-corrected chi connectivity index (χ0v) is 13.2. The second kappa shape index (κ2) is 7.53. The fourth-order valence-corrected chi connectivity index (χ4v) is 2.13. The lowest BCUT2D eigenvalue weighted by Crippen LogP contribution is -2.23. The van der Waals surface area contributed by atoms with Crippen molar-refractivity contribution in [2.45, 2.75) is 46.5 Å². The molecule has 0 bridgehead atoms. The largest absolute Gasteiger partial charge is 0.494 e. The Hall–Kier alpha value is -1.22. The molecule has 0 atom stereocenters. The summed E-state index contributed by atoms with van der Waals surface area (Å²) in [6, 6.07) is 5.68. The molecule has 0 fully saturated rings. The zero-order valence-electron chi connectivity index (χ0n) is 12.4. The summed E-state index contributed by atoms with van der Waals surface area (Å²) >= 11 is 6.05. The van der Waals surface area contributed by atoms with Gasteiger partial charge in [0.25, 0.3) is 0 Å². The first-order valence-electron chi connectivity index (χ1n) is 7.01. The molecule has 0 spiro atoms. The minimum atomic E-state index is -0.747. The molecule has 0 saturated heterocycles. The minimum Gasteiger partial charge on any atom is -0.494 e. The van der Waals surface area contributed by atoms with Crippen LogP contribution in [0.1, 0.15) is 45.6 Å². The summed E-state index contributed by atoms with van der Waals surface area (Å²) in [6.07, 6.45) is 3.23.